The summed E-state index contributed by atoms with van der Waals surface area (Å²) in [7, 11) is 0. The number of aromatic nitrogens is 1. The van der Waals surface area contributed by atoms with E-state index in [1.807, 2.05) is 4.57 Å². The van der Waals surface area contributed by atoms with Crippen LogP contribution in [0.3, 0.4) is 0 Å². The highest BCUT2D eigenvalue weighted by atomic mass is 16.5. The molecule has 1 aliphatic rings. The summed E-state index contributed by atoms with van der Waals surface area (Å²) in [6.07, 6.45) is 3.47. The number of nitrogen functional groups attached to an aromatic ring is 1. The van der Waals surface area contributed by atoms with Crippen molar-refractivity contribution < 1.29 is 4.74 Å². The SMILES string of the molecule is Nc1cn(CCN2CCOCC2)ccc1=O. The first-order valence-electron chi connectivity index (χ1n) is 5.51. The molecule has 2 heterocycles. The second-order valence-electron chi connectivity index (χ2n) is 3.96. The minimum atomic E-state index is -0.109. The molecule has 0 aliphatic carbocycles. The van der Waals surface area contributed by atoms with E-state index in [-0.39, 0.29) is 5.43 Å². The average Bonchev–Trinajstić information content (AvgIpc) is 2.32. The molecule has 0 aromatic carbocycles. The molecule has 0 saturated carbocycles. The Hall–Kier alpha value is -1.33. The van der Waals surface area contributed by atoms with Gasteiger partial charge in [0.15, 0.2) is 0 Å². The van der Waals surface area contributed by atoms with E-state index in [2.05, 4.69) is 4.90 Å². The van der Waals surface area contributed by atoms with Crippen molar-refractivity contribution in [1.82, 2.24) is 9.47 Å². The first-order chi connectivity index (χ1) is 7.75. The number of nitrogens with two attached hydrogens (primary N) is 1. The number of pyridine rings is 1. The maximum Gasteiger partial charge on any atom is 0.204 e. The third-order valence-electron chi connectivity index (χ3n) is 2.78. The molecule has 1 fully saturated rings. The summed E-state index contributed by atoms with van der Waals surface area (Å²) in [5, 5.41) is 0. The molecule has 5 nitrogen and oxygen atoms in total. The molecule has 0 unspecified atom stereocenters. The fraction of sp³-hybridized carbons (Fsp3) is 0.545. The molecule has 0 atom stereocenters. The molecular weight excluding hydrogens is 206 g/mol. The van der Waals surface area contributed by atoms with Gasteiger partial charge in [0.05, 0.1) is 18.9 Å². The molecular formula is C11H17N3O2. The van der Waals surface area contributed by atoms with Crippen molar-refractivity contribution in [3.8, 4) is 0 Å². The van der Waals surface area contributed by atoms with Gasteiger partial charge in [0.2, 0.25) is 5.43 Å². The van der Waals surface area contributed by atoms with Gasteiger partial charge >= 0.3 is 0 Å². The van der Waals surface area contributed by atoms with Crippen LogP contribution in [-0.2, 0) is 11.3 Å². The highest BCUT2D eigenvalue weighted by Crippen LogP contribution is 1.99. The minimum absolute atomic E-state index is 0.109. The topological polar surface area (TPSA) is 60.5 Å². The van der Waals surface area contributed by atoms with Crippen LogP contribution in [0.15, 0.2) is 23.3 Å². The van der Waals surface area contributed by atoms with Gasteiger partial charge in [0.1, 0.15) is 0 Å². The Morgan fingerprint density at radius 3 is 2.75 bits per heavy atom. The summed E-state index contributed by atoms with van der Waals surface area (Å²) in [6, 6.07) is 1.51. The molecule has 1 aromatic heterocycles. The Balaban J connectivity index is 1.88. The molecule has 0 radical (unpaired) electrons. The predicted octanol–water partition coefficient (Wildman–Crippen LogP) is -0.237. The highest BCUT2D eigenvalue weighted by molar-refractivity contribution is 5.33. The normalized spacial score (nSPS) is 17.5. The molecule has 16 heavy (non-hydrogen) atoms. The number of morpholine rings is 1. The number of ether oxygens (including phenoxy) is 1. The fourth-order valence-electron chi connectivity index (χ4n) is 1.77. The van der Waals surface area contributed by atoms with Gasteiger partial charge in [-0.2, -0.15) is 0 Å². The molecule has 88 valence electrons. The van der Waals surface area contributed by atoms with Crippen molar-refractivity contribution in [3.63, 3.8) is 0 Å². The molecule has 0 bridgehead atoms. The van der Waals surface area contributed by atoms with Crippen molar-refractivity contribution in [2.45, 2.75) is 6.54 Å². The third kappa shape index (κ3) is 2.84. The van der Waals surface area contributed by atoms with E-state index in [0.717, 1.165) is 39.4 Å². The minimum Gasteiger partial charge on any atom is -0.394 e. The Morgan fingerprint density at radius 1 is 1.31 bits per heavy atom. The van der Waals surface area contributed by atoms with Crippen LogP contribution in [0.5, 0.6) is 0 Å². The van der Waals surface area contributed by atoms with E-state index in [9.17, 15) is 4.79 Å². The van der Waals surface area contributed by atoms with E-state index >= 15 is 0 Å². The number of hydrogen-bond donors (Lipinski definition) is 1. The van der Waals surface area contributed by atoms with E-state index < -0.39 is 0 Å². The lowest BCUT2D eigenvalue weighted by molar-refractivity contribution is 0.0364. The Bertz CT molecular complexity index is 396. The van der Waals surface area contributed by atoms with Gasteiger partial charge in [0.25, 0.3) is 0 Å². The van der Waals surface area contributed by atoms with Crippen molar-refractivity contribution in [2.24, 2.45) is 0 Å². The van der Waals surface area contributed by atoms with Crippen molar-refractivity contribution in [2.75, 3.05) is 38.6 Å². The van der Waals surface area contributed by atoms with Crippen LogP contribution in [0.4, 0.5) is 5.69 Å². The molecule has 1 aliphatic heterocycles. The van der Waals surface area contributed by atoms with E-state index in [0.29, 0.717) is 5.69 Å². The maximum absolute atomic E-state index is 11.1. The largest absolute Gasteiger partial charge is 0.394 e. The van der Waals surface area contributed by atoms with Crippen LogP contribution in [0.1, 0.15) is 0 Å². The molecule has 1 aromatic rings. The second kappa shape index (κ2) is 5.14. The summed E-state index contributed by atoms with van der Waals surface area (Å²) in [4.78, 5) is 13.5. The van der Waals surface area contributed by atoms with Crippen molar-refractivity contribution in [1.29, 1.82) is 0 Å². The van der Waals surface area contributed by atoms with Crippen LogP contribution in [0, 0.1) is 0 Å². The zero-order valence-corrected chi connectivity index (χ0v) is 9.26. The average molecular weight is 223 g/mol. The first-order valence-corrected chi connectivity index (χ1v) is 5.51. The Morgan fingerprint density at radius 2 is 2.06 bits per heavy atom. The highest BCUT2D eigenvalue weighted by Gasteiger charge is 2.09. The lowest BCUT2D eigenvalue weighted by Gasteiger charge is -2.26. The summed E-state index contributed by atoms with van der Waals surface area (Å²) >= 11 is 0. The van der Waals surface area contributed by atoms with Gasteiger partial charge in [-0.15, -0.1) is 0 Å². The smallest absolute Gasteiger partial charge is 0.204 e. The molecule has 5 heteroatoms. The van der Waals surface area contributed by atoms with E-state index in [4.69, 9.17) is 10.5 Å². The van der Waals surface area contributed by atoms with Gasteiger partial charge in [-0.3, -0.25) is 9.69 Å². The quantitative estimate of drug-likeness (QED) is 0.768. The van der Waals surface area contributed by atoms with Gasteiger partial charge < -0.3 is 15.0 Å². The third-order valence-corrected chi connectivity index (χ3v) is 2.78. The Kier molecular flexibility index (Phi) is 3.58. The maximum atomic E-state index is 11.1. The molecule has 1 saturated heterocycles. The zero-order chi connectivity index (χ0) is 11.4. The van der Waals surface area contributed by atoms with Crippen molar-refractivity contribution in [3.05, 3.63) is 28.7 Å². The van der Waals surface area contributed by atoms with Gasteiger partial charge in [-0.05, 0) is 0 Å². The molecule has 0 spiro atoms. The van der Waals surface area contributed by atoms with Gasteiger partial charge in [-0.25, -0.2) is 0 Å². The van der Waals surface area contributed by atoms with E-state index in [1.54, 1.807) is 12.4 Å². The van der Waals surface area contributed by atoms with Crippen LogP contribution in [-0.4, -0.2) is 42.3 Å². The number of rotatable bonds is 3. The van der Waals surface area contributed by atoms with Crippen LogP contribution < -0.4 is 11.2 Å². The van der Waals surface area contributed by atoms with Crippen molar-refractivity contribution >= 4 is 5.69 Å². The summed E-state index contributed by atoms with van der Waals surface area (Å²) in [5.74, 6) is 0. The lowest BCUT2D eigenvalue weighted by Crippen LogP contribution is -2.38. The fourth-order valence-corrected chi connectivity index (χ4v) is 1.77. The summed E-state index contributed by atoms with van der Waals surface area (Å²) in [5.41, 5.74) is 5.76. The number of nitrogens with zero attached hydrogens (tertiary/aromatic N) is 2. The first kappa shape index (κ1) is 11.2. The lowest BCUT2D eigenvalue weighted by atomic mass is 10.4. The zero-order valence-electron chi connectivity index (χ0n) is 9.26. The molecule has 2 rings (SSSR count). The summed E-state index contributed by atoms with van der Waals surface area (Å²) < 4.78 is 7.23. The van der Waals surface area contributed by atoms with Crippen LogP contribution in [0.25, 0.3) is 0 Å². The monoisotopic (exact) mass is 223 g/mol. The summed E-state index contributed by atoms with van der Waals surface area (Å²) in [6.45, 7) is 5.40. The number of anilines is 1. The number of hydrogen-bond acceptors (Lipinski definition) is 4. The standard InChI is InChI=1S/C11H17N3O2/c12-10-9-14(2-1-11(10)15)4-3-13-5-7-16-8-6-13/h1-2,9H,3-8,12H2. The van der Waals surface area contributed by atoms with Gasteiger partial charge in [-0.1, -0.05) is 0 Å². The van der Waals surface area contributed by atoms with Gasteiger partial charge in [0, 0.05) is 44.6 Å². The van der Waals surface area contributed by atoms with Crippen LogP contribution >= 0.6 is 0 Å². The Labute approximate surface area is 94.4 Å². The molecule has 0 amide bonds. The van der Waals surface area contributed by atoms with Crippen LogP contribution in [0.2, 0.25) is 0 Å². The molecule has 2 N–H and O–H groups in total. The second-order valence-corrected chi connectivity index (χ2v) is 3.96. The van der Waals surface area contributed by atoms with E-state index in [1.165, 1.54) is 6.07 Å². The predicted molar refractivity (Wildman–Crippen MR) is 62.4 cm³/mol.